The first kappa shape index (κ1) is 14.5. The maximum absolute atomic E-state index is 13.4. The molecule has 1 heterocycles. The second-order valence-corrected chi connectivity index (χ2v) is 6.17. The van der Waals surface area contributed by atoms with Crippen molar-refractivity contribution in [1.82, 2.24) is 5.32 Å². The largest absolute Gasteiger partial charge is 0.306 e. The van der Waals surface area contributed by atoms with Crippen molar-refractivity contribution in [2.75, 3.05) is 5.75 Å². The van der Waals surface area contributed by atoms with Gasteiger partial charge in [0.05, 0.1) is 0 Å². The van der Waals surface area contributed by atoms with E-state index in [9.17, 15) is 13.2 Å². The number of halogens is 3. The summed E-state index contributed by atoms with van der Waals surface area (Å²) in [6.45, 7) is 0.347. The van der Waals surface area contributed by atoms with Crippen LogP contribution in [0.5, 0.6) is 0 Å². The van der Waals surface area contributed by atoms with Gasteiger partial charge in [0.25, 0.3) is 0 Å². The summed E-state index contributed by atoms with van der Waals surface area (Å²) >= 11 is 1.70. The molecule has 1 N–H and O–H groups in total. The van der Waals surface area contributed by atoms with Crippen LogP contribution in [0.3, 0.4) is 0 Å². The molecule has 0 fully saturated rings. The van der Waals surface area contributed by atoms with E-state index in [0.29, 0.717) is 12.1 Å². The van der Waals surface area contributed by atoms with Gasteiger partial charge < -0.3 is 5.32 Å². The molecular weight excluding hydrogens is 295 g/mol. The predicted molar refractivity (Wildman–Crippen MR) is 77.7 cm³/mol. The van der Waals surface area contributed by atoms with E-state index >= 15 is 0 Å². The number of nitrogens with one attached hydrogen (secondary N) is 1. The molecule has 0 aliphatic carbocycles. The maximum Gasteiger partial charge on any atom is 0.126 e. The third-order valence-electron chi connectivity index (χ3n) is 3.49. The van der Waals surface area contributed by atoms with Crippen molar-refractivity contribution >= 4 is 11.8 Å². The van der Waals surface area contributed by atoms with Gasteiger partial charge in [0.2, 0.25) is 0 Å². The first-order chi connectivity index (χ1) is 10.1. The summed E-state index contributed by atoms with van der Waals surface area (Å²) in [5.41, 5.74) is 1.46. The number of thioether (sulfide) groups is 1. The normalized spacial score (nSPS) is 17.6. The quantitative estimate of drug-likeness (QED) is 0.900. The van der Waals surface area contributed by atoms with Crippen LogP contribution in [0.25, 0.3) is 0 Å². The summed E-state index contributed by atoms with van der Waals surface area (Å²) in [6, 6.07) is 8.24. The van der Waals surface area contributed by atoms with Crippen LogP contribution in [-0.2, 0) is 6.54 Å². The highest BCUT2D eigenvalue weighted by molar-refractivity contribution is 7.99. The van der Waals surface area contributed by atoms with Crippen molar-refractivity contribution < 1.29 is 13.2 Å². The van der Waals surface area contributed by atoms with Gasteiger partial charge in [-0.15, -0.1) is 11.8 Å². The zero-order valence-corrected chi connectivity index (χ0v) is 12.0. The molecule has 1 unspecified atom stereocenters. The number of hydrogen-bond acceptors (Lipinski definition) is 2. The molecule has 1 aliphatic rings. The van der Waals surface area contributed by atoms with Gasteiger partial charge in [-0.05, 0) is 53.6 Å². The molecule has 0 saturated carbocycles. The molecule has 0 radical (unpaired) electrons. The van der Waals surface area contributed by atoms with E-state index in [1.54, 1.807) is 17.8 Å². The first-order valence-electron chi connectivity index (χ1n) is 6.72. The molecule has 2 aromatic rings. The molecule has 0 spiro atoms. The Bertz CT molecular complexity index is 640. The van der Waals surface area contributed by atoms with Crippen LogP contribution in [-0.4, -0.2) is 5.75 Å². The molecule has 0 aromatic heterocycles. The fourth-order valence-electron chi connectivity index (χ4n) is 2.53. The second-order valence-electron chi connectivity index (χ2n) is 5.03. The number of hydrogen-bond donors (Lipinski definition) is 1. The Labute approximate surface area is 125 Å². The molecule has 0 saturated heterocycles. The number of fused-ring (bicyclic) bond motifs is 1. The highest BCUT2D eigenvalue weighted by Gasteiger charge is 2.20. The van der Waals surface area contributed by atoms with Gasteiger partial charge >= 0.3 is 0 Å². The minimum absolute atomic E-state index is 0.00304. The summed E-state index contributed by atoms with van der Waals surface area (Å²) in [5.74, 6) is -0.497. The molecule has 1 aliphatic heterocycles. The molecule has 0 bridgehead atoms. The number of benzene rings is 2. The van der Waals surface area contributed by atoms with Gasteiger partial charge in [0.15, 0.2) is 0 Å². The second kappa shape index (κ2) is 6.12. The van der Waals surface area contributed by atoms with Crippen molar-refractivity contribution in [3.8, 4) is 0 Å². The Morgan fingerprint density at radius 2 is 1.76 bits per heavy atom. The Morgan fingerprint density at radius 3 is 2.52 bits per heavy atom. The van der Waals surface area contributed by atoms with Crippen LogP contribution in [0, 0.1) is 17.5 Å². The van der Waals surface area contributed by atoms with Gasteiger partial charge in [-0.2, -0.15) is 0 Å². The van der Waals surface area contributed by atoms with Gasteiger partial charge in [-0.3, -0.25) is 0 Å². The topological polar surface area (TPSA) is 12.0 Å². The van der Waals surface area contributed by atoms with Crippen LogP contribution in [0.4, 0.5) is 13.2 Å². The van der Waals surface area contributed by atoms with E-state index in [1.807, 2.05) is 0 Å². The first-order valence-corrected chi connectivity index (χ1v) is 7.71. The SMILES string of the molecule is Fc1cc(F)cc(CNC2CCSc3ccc(F)cc32)c1. The standard InChI is InChI=1S/C16H14F3NS/c17-11-1-2-16-14(8-11)15(3-4-21-16)20-9-10-5-12(18)7-13(19)6-10/h1-2,5-8,15,20H,3-4,9H2. The van der Waals surface area contributed by atoms with E-state index in [4.69, 9.17) is 0 Å². The fraction of sp³-hybridized carbons (Fsp3) is 0.250. The van der Waals surface area contributed by atoms with E-state index in [1.165, 1.54) is 24.3 Å². The third kappa shape index (κ3) is 3.41. The molecule has 0 amide bonds. The summed E-state index contributed by atoms with van der Waals surface area (Å²) in [5, 5.41) is 3.26. The molecule has 1 nitrogen and oxygen atoms in total. The summed E-state index contributed by atoms with van der Waals surface area (Å²) < 4.78 is 39.7. The smallest absolute Gasteiger partial charge is 0.126 e. The van der Waals surface area contributed by atoms with Crippen molar-refractivity contribution in [3.63, 3.8) is 0 Å². The highest BCUT2D eigenvalue weighted by atomic mass is 32.2. The molecule has 3 rings (SSSR count). The zero-order valence-electron chi connectivity index (χ0n) is 11.2. The summed E-state index contributed by atoms with van der Waals surface area (Å²) in [4.78, 5) is 1.06. The van der Waals surface area contributed by atoms with Crippen LogP contribution in [0.2, 0.25) is 0 Å². The Kier molecular flexibility index (Phi) is 4.22. The Morgan fingerprint density at radius 1 is 1.00 bits per heavy atom. The lowest BCUT2D eigenvalue weighted by molar-refractivity contribution is 0.500. The van der Waals surface area contributed by atoms with Crippen LogP contribution >= 0.6 is 11.8 Å². The average Bonchev–Trinajstić information content (AvgIpc) is 2.44. The highest BCUT2D eigenvalue weighted by Crippen LogP contribution is 2.36. The average molecular weight is 309 g/mol. The van der Waals surface area contributed by atoms with E-state index in [-0.39, 0.29) is 11.9 Å². The molecule has 110 valence electrons. The molecular formula is C16H14F3NS. The Balaban J connectivity index is 1.76. The van der Waals surface area contributed by atoms with Gasteiger partial charge in [0, 0.05) is 23.5 Å². The van der Waals surface area contributed by atoms with Gasteiger partial charge in [-0.1, -0.05) is 0 Å². The maximum atomic E-state index is 13.4. The lowest BCUT2D eigenvalue weighted by atomic mass is 10.0. The van der Waals surface area contributed by atoms with Crippen LogP contribution in [0.15, 0.2) is 41.3 Å². The third-order valence-corrected chi connectivity index (χ3v) is 4.61. The van der Waals surface area contributed by atoms with Crippen LogP contribution in [0.1, 0.15) is 23.6 Å². The fourth-order valence-corrected chi connectivity index (χ4v) is 3.64. The number of rotatable bonds is 3. The van der Waals surface area contributed by atoms with Crippen molar-refractivity contribution in [2.24, 2.45) is 0 Å². The van der Waals surface area contributed by atoms with Gasteiger partial charge in [-0.25, -0.2) is 13.2 Å². The summed E-state index contributed by atoms with van der Waals surface area (Å²) in [6.07, 6.45) is 0.860. The molecule has 21 heavy (non-hydrogen) atoms. The minimum atomic E-state index is -0.586. The van der Waals surface area contributed by atoms with Crippen LogP contribution < -0.4 is 5.32 Å². The van der Waals surface area contributed by atoms with E-state index < -0.39 is 11.6 Å². The zero-order chi connectivity index (χ0) is 14.8. The predicted octanol–water partition coefficient (Wildman–Crippen LogP) is 4.43. The van der Waals surface area contributed by atoms with E-state index in [0.717, 1.165) is 28.7 Å². The Hall–Kier alpha value is -1.46. The minimum Gasteiger partial charge on any atom is -0.306 e. The molecule has 5 heteroatoms. The lowest BCUT2D eigenvalue weighted by Gasteiger charge is -2.26. The summed E-state index contributed by atoms with van der Waals surface area (Å²) in [7, 11) is 0. The van der Waals surface area contributed by atoms with Crippen molar-refractivity contribution in [2.45, 2.75) is 23.9 Å². The van der Waals surface area contributed by atoms with Crippen molar-refractivity contribution in [1.29, 1.82) is 0 Å². The monoisotopic (exact) mass is 309 g/mol. The van der Waals surface area contributed by atoms with Crippen molar-refractivity contribution in [3.05, 3.63) is 65.0 Å². The lowest BCUT2D eigenvalue weighted by Crippen LogP contribution is -2.24. The molecule has 2 aromatic carbocycles. The van der Waals surface area contributed by atoms with E-state index in [2.05, 4.69) is 5.32 Å². The van der Waals surface area contributed by atoms with Gasteiger partial charge in [0.1, 0.15) is 17.5 Å². The molecule has 1 atom stereocenters.